The molecule has 0 fully saturated rings. The lowest BCUT2D eigenvalue weighted by molar-refractivity contribution is -0.118. The Labute approximate surface area is 194 Å². The van der Waals surface area contributed by atoms with Crippen molar-refractivity contribution in [3.63, 3.8) is 0 Å². The lowest BCUT2D eigenvalue weighted by atomic mass is 10.3. The second-order valence-corrected chi connectivity index (χ2v) is 9.32. The van der Waals surface area contributed by atoms with Crippen molar-refractivity contribution >= 4 is 76.8 Å². The number of rotatable bonds is 10. The van der Waals surface area contributed by atoms with Crippen LogP contribution in [-0.4, -0.2) is 70.9 Å². The van der Waals surface area contributed by atoms with Crippen LogP contribution >= 0.6 is 34.3 Å². The zero-order valence-corrected chi connectivity index (χ0v) is 20.5. The van der Waals surface area contributed by atoms with E-state index < -0.39 is 0 Å². The van der Waals surface area contributed by atoms with Crippen molar-refractivity contribution in [3.8, 4) is 0 Å². The Morgan fingerprint density at radius 1 is 0.839 bits per heavy atom. The van der Waals surface area contributed by atoms with Crippen LogP contribution in [0.4, 0.5) is 10.3 Å². The molecular formula is C20H27ClN6O2S2. The summed E-state index contributed by atoms with van der Waals surface area (Å²) in [6.07, 6.45) is 0. The first kappa shape index (κ1) is 23.8. The summed E-state index contributed by atoms with van der Waals surface area (Å²) in [4.78, 5) is 37.6. The molecule has 0 aliphatic rings. The highest BCUT2D eigenvalue weighted by Crippen LogP contribution is 2.41. The predicted octanol–water partition coefficient (Wildman–Crippen LogP) is 4.12. The van der Waals surface area contributed by atoms with E-state index in [4.69, 9.17) is 11.6 Å². The molecule has 2 aromatic heterocycles. The Morgan fingerprint density at radius 2 is 1.23 bits per heavy atom. The van der Waals surface area contributed by atoms with E-state index in [9.17, 15) is 9.59 Å². The van der Waals surface area contributed by atoms with Crippen molar-refractivity contribution < 1.29 is 9.59 Å². The van der Waals surface area contributed by atoms with Crippen LogP contribution in [-0.2, 0) is 9.59 Å². The van der Waals surface area contributed by atoms with Crippen LogP contribution < -0.4 is 10.6 Å². The number of hydrogen-bond acceptors (Lipinski definition) is 8. The quantitative estimate of drug-likeness (QED) is 0.451. The number of amides is 2. The maximum atomic E-state index is 12.3. The van der Waals surface area contributed by atoms with Gasteiger partial charge in [-0.15, -0.1) is 0 Å². The number of halogens is 1. The van der Waals surface area contributed by atoms with E-state index in [-0.39, 0.29) is 11.8 Å². The molecule has 11 heteroatoms. The highest BCUT2D eigenvalue weighted by molar-refractivity contribution is 7.25. The van der Waals surface area contributed by atoms with Gasteiger partial charge in [0.2, 0.25) is 11.8 Å². The normalized spacial score (nSPS) is 11.7. The van der Waals surface area contributed by atoms with Gasteiger partial charge in [-0.3, -0.25) is 19.4 Å². The van der Waals surface area contributed by atoms with Gasteiger partial charge in [0.1, 0.15) is 0 Å². The fourth-order valence-electron chi connectivity index (χ4n) is 3.13. The topological polar surface area (TPSA) is 90.5 Å². The molecule has 3 rings (SSSR count). The number of likely N-dealkylation sites (N-methyl/N-ethyl adjacent to an activating group) is 2. The third kappa shape index (κ3) is 5.69. The molecule has 3 aromatic rings. The molecule has 0 aliphatic heterocycles. The largest absolute Gasteiger partial charge is 0.301 e. The van der Waals surface area contributed by atoms with Crippen molar-refractivity contribution in [1.82, 2.24) is 19.8 Å². The Balaban J connectivity index is 1.78. The van der Waals surface area contributed by atoms with Gasteiger partial charge in [-0.1, -0.05) is 62.0 Å². The first-order valence-corrected chi connectivity index (χ1v) is 12.3. The van der Waals surface area contributed by atoms with Crippen LogP contribution in [0.25, 0.3) is 20.4 Å². The number of aromatic nitrogens is 2. The van der Waals surface area contributed by atoms with E-state index >= 15 is 0 Å². The number of nitrogens with one attached hydrogen (secondary N) is 2. The number of fused-ring (bicyclic) bond motifs is 2. The number of carbonyl (C=O) groups is 2. The molecule has 31 heavy (non-hydrogen) atoms. The van der Waals surface area contributed by atoms with Crippen molar-refractivity contribution in [2.75, 3.05) is 49.9 Å². The van der Waals surface area contributed by atoms with Gasteiger partial charge in [0.05, 0.1) is 38.5 Å². The van der Waals surface area contributed by atoms with Gasteiger partial charge >= 0.3 is 0 Å². The molecule has 2 heterocycles. The molecule has 0 saturated carbocycles. The number of anilines is 2. The molecule has 0 saturated heterocycles. The second kappa shape index (κ2) is 10.6. The summed E-state index contributed by atoms with van der Waals surface area (Å²) in [5.41, 5.74) is 1.35. The minimum atomic E-state index is -0.1000. The third-order valence-electron chi connectivity index (χ3n) is 4.99. The van der Waals surface area contributed by atoms with Gasteiger partial charge in [-0.25, -0.2) is 9.97 Å². The van der Waals surface area contributed by atoms with E-state index in [1.807, 2.05) is 43.6 Å². The van der Waals surface area contributed by atoms with Crippen LogP contribution in [0.5, 0.6) is 0 Å². The van der Waals surface area contributed by atoms with E-state index in [0.29, 0.717) is 39.4 Å². The van der Waals surface area contributed by atoms with Crippen LogP contribution in [0.15, 0.2) is 6.07 Å². The van der Waals surface area contributed by atoms with Gasteiger partial charge in [0.25, 0.3) is 0 Å². The van der Waals surface area contributed by atoms with Crippen molar-refractivity contribution in [2.45, 2.75) is 27.7 Å². The smallest absolute Gasteiger partial charge is 0.240 e. The number of benzene rings is 1. The SMILES string of the molecule is CCN(CC)CC(=O)Nc1nc2cc3nc(NC(=O)CN(CC)CC)sc3c(Cl)c2s1. The summed E-state index contributed by atoms with van der Waals surface area (Å²) >= 11 is 9.31. The standard InChI is InChI=1S/C20H27ClN6O2S2/c1-5-26(6-2)10-14(28)24-19-22-12-9-13-18(16(21)17(12)30-19)31-20(23-13)25-15(29)11-27(7-3)8-4/h9H,5-8,10-11H2,1-4H3,(H,22,24,28)(H,23,25,29). The van der Waals surface area contributed by atoms with Crippen molar-refractivity contribution in [2.24, 2.45) is 0 Å². The number of carbonyl (C=O) groups excluding carboxylic acids is 2. The average Bonchev–Trinajstić information content (AvgIpc) is 3.33. The van der Waals surface area contributed by atoms with Gasteiger partial charge in [0.15, 0.2) is 10.3 Å². The lowest BCUT2D eigenvalue weighted by Crippen LogP contribution is -2.32. The van der Waals surface area contributed by atoms with E-state index in [0.717, 1.165) is 35.6 Å². The van der Waals surface area contributed by atoms with Gasteiger partial charge in [-0.05, 0) is 32.2 Å². The molecule has 0 bridgehead atoms. The molecule has 0 atom stereocenters. The fourth-order valence-corrected chi connectivity index (χ4v) is 5.43. The Bertz CT molecular complexity index is 994. The second-order valence-electron chi connectivity index (χ2n) is 6.94. The molecule has 0 spiro atoms. The van der Waals surface area contributed by atoms with E-state index in [1.165, 1.54) is 22.7 Å². The molecular weight excluding hydrogens is 456 g/mol. The zero-order chi connectivity index (χ0) is 22.5. The van der Waals surface area contributed by atoms with Crippen LogP contribution in [0, 0.1) is 0 Å². The Kier molecular flexibility index (Phi) is 8.17. The molecule has 0 aliphatic carbocycles. The first-order valence-electron chi connectivity index (χ1n) is 10.3. The highest BCUT2D eigenvalue weighted by atomic mass is 35.5. The maximum Gasteiger partial charge on any atom is 0.240 e. The Morgan fingerprint density at radius 3 is 1.58 bits per heavy atom. The molecule has 2 amide bonds. The minimum absolute atomic E-state index is 0.1000. The summed E-state index contributed by atoms with van der Waals surface area (Å²) in [6.45, 7) is 12.0. The minimum Gasteiger partial charge on any atom is -0.301 e. The molecule has 168 valence electrons. The van der Waals surface area contributed by atoms with Gasteiger partial charge < -0.3 is 10.6 Å². The summed E-state index contributed by atoms with van der Waals surface area (Å²) in [6, 6.07) is 1.84. The van der Waals surface area contributed by atoms with E-state index in [2.05, 4.69) is 20.6 Å². The number of thiazole rings is 2. The molecule has 2 N–H and O–H groups in total. The van der Waals surface area contributed by atoms with E-state index in [1.54, 1.807) is 0 Å². The molecule has 8 nitrogen and oxygen atoms in total. The van der Waals surface area contributed by atoms with Crippen LogP contribution in [0.2, 0.25) is 5.02 Å². The fraction of sp³-hybridized carbons (Fsp3) is 0.500. The number of nitrogens with zero attached hydrogens (tertiary/aromatic N) is 4. The molecule has 1 aromatic carbocycles. The number of hydrogen-bond donors (Lipinski definition) is 2. The molecule has 0 unspecified atom stereocenters. The maximum absolute atomic E-state index is 12.3. The summed E-state index contributed by atoms with van der Waals surface area (Å²) < 4.78 is 1.58. The lowest BCUT2D eigenvalue weighted by Gasteiger charge is -2.16. The van der Waals surface area contributed by atoms with Gasteiger partial charge in [0, 0.05) is 0 Å². The first-order chi connectivity index (χ1) is 14.9. The summed E-state index contributed by atoms with van der Waals surface area (Å²) in [5.74, 6) is -0.200. The average molecular weight is 483 g/mol. The van der Waals surface area contributed by atoms with Crippen LogP contribution in [0.3, 0.4) is 0 Å². The zero-order valence-electron chi connectivity index (χ0n) is 18.1. The Hall–Kier alpha value is -1.85. The highest BCUT2D eigenvalue weighted by Gasteiger charge is 2.18. The summed E-state index contributed by atoms with van der Waals surface area (Å²) in [5, 5.41) is 7.29. The van der Waals surface area contributed by atoms with Crippen molar-refractivity contribution in [1.29, 1.82) is 0 Å². The third-order valence-corrected chi connectivity index (χ3v) is 7.61. The van der Waals surface area contributed by atoms with Crippen molar-refractivity contribution in [3.05, 3.63) is 11.1 Å². The molecule has 0 radical (unpaired) electrons. The predicted molar refractivity (Wildman–Crippen MR) is 131 cm³/mol. The summed E-state index contributed by atoms with van der Waals surface area (Å²) in [7, 11) is 0. The van der Waals surface area contributed by atoms with Gasteiger partial charge in [-0.2, -0.15) is 0 Å². The van der Waals surface area contributed by atoms with Crippen LogP contribution in [0.1, 0.15) is 27.7 Å². The monoisotopic (exact) mass is 482 g/mol.